The van der Waals surface area contributed by atoms with Gasteiger partial charge in [-0.3, -0.25) is 9.89 Å². The molecular formula is C19H32N4O. The van der Waals surface area contributed by atoms with Crippen LogP contribution < -0.4 is 0 Å². The van der Waals surface area contributed by atoms with E-state index >= 15 is 0 Å². The van der Waals surface area contributed by atoms with Crippen molar-refractivity contribution in [1.29, 1.82) is 0 Å². The summed E-state index contributed by atoms with van der Waals surface area (Å²) in [6.07, 6.45) is 8.96. The number of nitrogens with zero attached hydrogens (tertiary/aromatic N) is 3. The quantitative estimate of drug-likeness (QED) is 0.871. The van der Waals surface area contributed by atoms with Crippen molar-refractivity contribution in [1.82, 2.24) is 20.0 Å². The maximum Gasteiger partial charge on any atom is 0.222 e. The monoisotopic (exact) mass is 332 g/mol. The Morgan fingerprint density at radius 3 is 2.79 bits per heavy atom. The van der Waals surface area contributed by atoms with Gasteiger partial charge in [-0.1, -0.05) is 6.92 Å². The van der Waals surface area contributed by atoms with E-state index in [-0.39, 0.29) is 5.91 Å². The molecule has 24 heavy (non-hydrogen) atoms. The molecule has 0 atom stereocenters. The fourth-order valence-corrected chi connectivity index (χ4v) is 4.13. The van der Waals surface area contributed by atoms with E-state index in [1.54, 1.807) is 0 Å². The molecule has 5 heteroatoms. The Morgan fingerprint density at radius 2 is 2.04 bits per heavy atom. The number of H-pyrrole nitrogens is 1. The Hall–Kier alpha value is -1.36. The molecule has 5 nitrogen and oxygen atoms in total. The van der Waals surface area contributed by atoms with Gasteiger partial charge in [-0.25, -0.2) is 0 Å². The van der Waals surface area contributed by atoms with Crippen LogP contribution in [0.3, 0.4) is 0 Å². The number of carbonyl (C=O) groups excluding carboxylic acids is 1. The first-order chi connectivity index (χ1) is 11.7. The fraction of sp³-hybridized carbons (Fsp3) is 0.789. The molecule has 0 saturated carbocycles. The largest absolute Gasteiger partial charge is 0.340 e. The number of hydrogen-bond donors (Lipinski definition) is 1. The smallest absolute Gasteiger partial charge is 0.222 e. The lowest BCUT2D eigenvalue weighted by Gasteiger charge is -2.32. The predicted molar refractivity (Wildman–Crippen MR) is 95.8 cm³/mol. The summed E-state index contributed by atoms with van der Waals surface area (Å²) in [5, 5.41) is 7.65. The number of aromatic nitrogens is 2. The van der Waals surface area contributed by atoms with Crippen LogP contribution in [0.1, 0.15) is 62.4 Å². The van der Waals surface area contributed by atoms with Gasteiger partial charge in [0.15, 0.2) is 0 Å². The summed E-state index contributed by atoms with van der Waals surface area (Å²) in [4.78, 5) is 17.0. The van der Waals surface area contributed by atoms with E-state index in [9.17, 15) is 4.79 Å². The van der Waals surface area contributed by atoms with E-state index in [2.05, 4.69) is 22.0 Å². The second kappa shape index (κ2) is 8.15. The van der Waals surface area contributed by atoms with Gasteiger partial charge in [0.25, 0.3) is 0 Å². The van der Waals surface area contributed by atoms with E-state index in [0.29, 0.717) is 18.9 Å². The van der Waals surface area contributed by atoms with Crippen LogP contribution in [-0.2, 0) is 24.2 Å². The molecule has 0 radical (unpaired) electrons. The zero-order valence-electron chi connectivity index (χ0n) is 15.3. The number of carbonyl (C=O) groups is 1. The molecule has 0 unspecified atom stereocenters. The van der Waals surface area contributed by atoms with Crippen LogP contribution >= 0.6 is 0 Å². The first-order valence-corrected chi connectivity index (χ1v) is 9.68. The molecule has 1 aliphatic heterocycles. The van der Waals surface area contributed by atoms with Crippen molar-refractivity contribution in [2.45, 2.75) is 64.8 Å². The number of rotatable bonds is 6. The third kappa shape index (κ3) is 4.18. The van der Waals surface area contributed by atoms with Crippen LogP contribution in [0.4, 0.5) is 0 Å². The maximum atomic E-state index is 12.6. The number of aryl methyl sites for hydroxylation is 1. The predicted octanol–water partition coefficient (Wildman–Crippen LogP) is 2.76. The molecule has 1 amide bonds. The molecule has 1 saturated heterocycles. The Balaban J connectivity index is 1.48. The summed E-state index contributed by atoms with van der Waals surface area (Å²) in [7, 11) is 1.93. The minimum Gasteiger partial charge on any atom is -0.340 e. The molecule has 3 rings (SSSR count). The number of hydrogen-bond acceptors (Lipinski definition) is 3. The second-order valence-corrected chi connectivity index (χ2v) is 7.57. The van der Waals surface area contributed by atoms with Crippen molar-refractivity contribution in [3.8, 4) is 0 Å². The van der Waals surface area contributed by atoms with Crippen LogP contribution in [0.15, 0.2) is 0 Å². The summed E-state index contributed by atoms with van der Waals surface area (Å²) >= 11 is 0. The van der Waals surface area contributed by atoms with Gasteiger partial charge in [0.05, 0.1) is 12.2 Å². The Bertz CT molecular complexity index is 546. The van der Waals surface area contributed by atoms with Crippen molar-refractivity contribution < 1.29 is 4.79 Å². The summed E-state index contributed by atoms with van der Waals surface area (Å²) < 4.78 is 0. The van der Waals surface area contributed by atoms with Gasteiger partial charge in [0.1, 0.15) is 0 Å². The first-order valence-electron chi connectivity index (χ1n) is 9.68. The van der Waals surface area contributed by atoms with Crippen molar-refractivity contribution in [2.24, 2.45) is 5.92 Å². The van der Waals surface area contributed by atoms with Gasteiger partial charge in [0, 0.05) is 19.2 Å². The molecular weight excluding hydrogens is 300 g/mol. The zero-order chi connectivity index (χ0) is 16.9. The van der Waals surface area contributed by atoms with Crippen LogP contribution in [0.2, 0.25) is 0 Å². The fourth-order valence-electron chi connectivity index (χ4n) is 4.13. The van der Waals surface area contributed by atoms with E-state index in [0.717, 1.165) is 44.5 Å². The standard InChI is InChI=1S/C19H32N4O/c1-3-10-23-11-8-15(9-12-23)13-19(24)22(2)14-18-16-6-4-5-7-17(16)20-21-18/h15H,3-14H2,1-2H3,(H,20,21). The van der Waals surface area contributed by atoms with Crippen molar-refractivity contribution >= 4 is 5.91 Å². The maximum absolute atomic E-state index is 12.6. The highest BCUT2D eigenvalue weighted by Crippen LogP contribution is 2.24. The molecule has 1 aliphatic carbocycles. The van der Waals surface area contributed by atoms with Crippen molar-refractivity contribution in [2.75, 3.05) is 26.7 Å². The first kappa shape index (κ1) is 17.5. The van der Waals surface area contributed by atoms with Crippen molar-refractivity contribution in [3.05, 3.63) is 17.0 Å². The Morgan fingerprint density at radius 1 is 1.29 bits per heavy atom. The minimum atomic E-state index is 0.275. The summed E-state index contributed by atoms with van der Waals surface area (Å²) in [6.45, 7) is 6.40. The molecule has 1 N–H and O–H groups in total. The number of fused-ring (bicyclic) bond motifs is 1. The van der Waals surface area contributed by atoms with E-state index in [4.69, 9.17) is 0 Å². The molecule has 0 bridgehead atoms. The van der Waals surface area contributed by atoms with Crippen LogP contribution in [0.5, 0.6) is 0 Å². The normalized spacial score (nSPS) is 19.2. The number of nitrogens with one attached hydrogen (secondary N) is 1. The average Bonchev–Trinajstić information content (AvgIpc) is 3.00. The third-order valence-electron chi connectivity index (χ3n) is 5.66. The highest BCUT2D eigenvalue weighted by atomic mass is 16.2. The van der Waals surface area contributed by atoms with Gasteiger partial charge in [0.2, 0.25) is 5.91 Å². The summed E-state index contributed by atoms with van der Waals surface area (Å²) in [6, 6.07) is 0. The van der Waals surface area contributed by atoms with Gasteiger partial charge in [-0.15, -0.1) is 0 Å². The summed E-state index contributed by atoms with van der Waals surface area (Å²) in [5.74, 6) is 0.831. The van der Waals surface area contributed by atoms with Crippen LogP contribution in [-0.4, -0.2) is 52.6 Å². The Labute approximate surface area is 145 Å². The van der Waals surface area contributed by atoms with E-state index in [1.807, 2.05) is 11.9 Å². The Kier molecular flexibility index (Phi) is 5.93. The number of aromatic amines is 1. The van der Waals surface area contributed by atoms with E-state index < -0.39 is 0 Å². The lowest BCUT2D eigenvalue weighted by atomic mass is 9.92. The van der Waals surface area contributed by atoms with Crippen molar-refractivity contribution in [3.63, 3.8) is 0 Å². The van der Waals surface area contributed by atoms with Gasteiger partial charge in [-0.2, -0.15) is 5.10 Å². The third-order valence-corrected chi connectivity index (χ3v) is 5.66. The number of piperidine rings is 1. The lowest BCUT2D eigenvalue weighted by Crippen LogP contribution is -2.36. The lowest BCUT2D eigenvalue weighted by molar-refractivity contribution is -0.131. The number of likely N-dealkylation sites (tertiary alicyclic amines) is 1. The highest BCUT2D eigenvalue weighted by Gasteiger charge is 2.24. The molecule has 2 aliphatic rings. The molecule has 2 heterocycles. The molecule has 0 aromatic carbocycles. The van der Waals surface area contributed by atoms with Gasteiger partial charge in [-0.05, 0) is 76.1 Å². The average molecular weight is 332 g/mol. The molecule has 0 spiro atoms. The minimum absolute atomic E-state index is 0.275. The number of amides is 1. The molecule has 1 aromatic heterocycles. The van der Waals surface area contributed by atoms with Crippen LogP contribution in [0, 0.1) is 5.92 Å². The molecule has 1 aromatic rings. The molecule has 134 valence electrons. The van der Waals surface area contributed by atoms with Gasteiger partial charge < -0.3 is 9.80 Å². The second-order valence-electron chi connectivity index (χ2n) is 7.57. The van der Waals surface area contributed by atoms with Crippen LogP contribution in [0.25, 0.3) is 0 Å². The topological polar surface area (TPSA) is 52.2 Å². The summed E-state index contributed by atoms with van der Waals surface area (Å²) in [5.41, 5.74) is 3.74. The molecule has 1 fully saturated rings. The van der Waals surface area contributed by atoms with Gasteiger partial charge >= 0.3 is 0 Å². The highest BCUT2D eigenvalue weighted by molar-refractivity contribution is 5.76. The SMILES string of the molecule is CCCN1CCC(CC(=O)N(C)Cc2n[nH]c3c2CCCC3)CC1. The zero-order valence-corrected chi connectivity index (χ0v) is 15.3. The van der Waals surface area contributed by atoms with E-state index in [1.165, 1.54) is 37.1 Å².